The van der Waals surface area contributed by atoms with Crippen LogP contribution in [0.25, 0.3) is 10.9 Å². The van der Waals surface area contributed by atoms with Gasteiger partial charge in [0.2, 0.25) is 11.8 Å². The van der Waals surface area contributed by atoms with Gasteiger partial charge in [0.25, 0.3) is 5.56 Å². The standard InChI is InChI=1S/C29H40FN5O3/c1-20-33-22-9-7-8-21(25(22)27(38)35(20)23-10-11-24(36)34-26(23)37)31-18-5-3-2-4-6-19-32-29-15-12-28(30,13-16-29)14-17-29/h7-9,23,31-32H,2-6,10-19H2,1H3,(H,34,36,37). The van der Waals surface area contributed by atoms with E-state index >= 15 is 0 Å². The first kappa shape index (κ1) is 26.8. The zero-order valence-corrected chi connectivity index (χ0v) is 22.4. The lowest BCUT2D eigenvalue weighted by Crippen LogP contribution is -2.56. The third-order valence-electron chi connectivity index (χ3n) is 8.95. The van der Waals surface area contributed by atoms with Gasteiger partial charge >= 0.3 is 0 Å². The number of rotatable bonds is 11. The molecule has 9 heteroatoms. The summed E-state index contributed by atoms with van der Waals surface area (Å²) in [6.07, 6.45) is 11.2. The predicted octanol–water partition coefficient (Wildman–Crippen LogP) is 4.45. The van der Waals surface area contributed by atoms with E-state index in [0.717, 1.165) is 83.0 Å². The molecule has 1 saturated heterocycles. The van der Waals surface area contributed by atoms with E-state index in [0.29, 0.717) is 23.1 Å². The van der Waals surface area contributed by atoms with Crippen molar-refractivity contribution >= 4 is 28.4 Å². The third kappa shape index (κ3) is 5.63. The lowest BCUT2D eigenvalue weighted by Gasteiger charge is -2.50. The van der Waals surface area contributed by atoms with Gasteiger partial charge in [-0.1, -0.05) is 25.3 Å². The van der Waals surface area contributed by atoms with Crippen LogP contribution in [-0.4, -0.2) is 45.7 Å². The molecule has 1 aromatic carbocycles. The molecule has 0 spiro atoms. The molecule has 2 aromatic rings. The SMILES string of the molecule is Cc1nc2cccc(NCCCCCCCNC34CCC(F)(CC3)CC4)c2c(=O)n1C1CCC(=O)NC1=O. The number of hydrogen-bond acceptors (Lipinski definition) is 6. The summed E-state index contributed by atoms with van der Waals surface area (Å²) in [7, 11) is 0. The normalized spacial score (nSPS) is 27.1. The van der Waals surface area contributed by atoms with E-state index in [2.05, 4.69) is 20.9 Å². The van der Waals surface area contributed by atoms with Crippen LogP contribution in [-0.2, 0) is 9.59 Å². The van der Waals surface area contributed by atoms with Crippen LogP contribution in [0, 0.1) is 6.92 Å². The van der Waals surface area contributed by atoms with E-state index < -0.39 is 17.6 Å². The minimum atomic E-state index is -0.872. The second kappa shape index (κ2) is 11.1. The van der Waals surface area contributed by atoms with Gasteiger partial charge in [-0.25, -0.2) is 9.37 Å². The second-order valence-corrected chi connectivity index (χ2v) is 11.6. The summed E-state index contributed by atoms with van der Waals surface area (Å²) in [5, 5.41) is 9.99. The van der Waals surface area contributed by atoms with Gasteiger partial charge in [-0.3, -0.25) is 24.3 Å². The Hall–Kier alpha value is -2.81. The molecule has 206 valence electrons. The Morgan fingerprint density at radius 2 is 1.68 bits per heavy atom. The summed E-state index contributed by atoms with van der Waals surface area (Å²) in [5.74, 6) is -0.297. The summed E-state index contributed by atoms with van der Waals surface area (Å²) in [4.78, 5) is 42.1. The maximum atomic E-state index is 14.4. The van der Waals surface area contributed by atoms with Crippen molar-refractivity contribution in [2.45, 2.75) is 108 Å². The van der Waals surface area contributed by atoms with E-state index in [1.54, 1.807) is 6.92 Å². The van der Waals surface area contributed by atoms with E-state index in [1.807, 2.05) is 18.2 Å². The van der Waals surface area contributed by atoms with E-state index in [-0.39, 0.29) is 23.4 Å². The molecule has 2 heterocycles. The largest absolute Gasteiger partial charge is 0.384 e. The van der Waals surface area contributed by atoms with Gasteiger partial charge in [0.05, 0.1) is 10.9 Å². The number of nitrogens with one attached hydrogen (secondary N) is 3. The smallest absolute Gasteiger partial charge is 0.264 e. The van der Waals surface area contributed by atoms with Crippen LogP contribution in [0.15, 0.2) is 23.0 Å². The first-order valence-electron chi connectivity index (χ1n) is 14.3. The minimum Gasteiger partial charge on any atom is -0.384 e. The number of amides is 2. The molecule has 1 aromatic heterocycles. The molecular weight excluding hydrogens is 485 g/mol. The lowest BCUT2D eigenvalue weighted by molar-refractivity contribution is -0.135. The van der Waals surface area contributed by atoms with Crippen molar-refractivity contribution < 1.29 is 14.0 Å². The first-order chi connectivity index (χ1) is 18.3. The molecule has 3 aliphatic carbocycles. The monoisotopic (exact) mass is 525 g/mol. The van der Waals surface area contributed by atoms with Crippen LogP contribution < -0.4 is 21.5 Å². The summed E-state index contributed by atoms with van der Waals surface area (Å²) in [5.41, 5.74) is 0.386. The Bertz CT molecular complexity index is 1230. The highest BCUT2D eigenvalue weighted by Gasteiger charge is 2.48. The van der Waals surface area contributed by atoms with E-state index in [1.165, 1.54) is 11.0 Å². The van der Waals surface area contributed by atoms with Crippen LogP contribution in [0.1, 0.15) is 95.3 Å². The highest BCUT2D eigenvalue weighted by molar-refractivity contribution is 5.99. The quantitative estimate of drug-likeness (QED) is 0.296. The van der Waals surface area contributed by atoms with Crippen LogP contribution in [0.4, 0.5) is 10.1 Å². The number of benzene rings is 1. The molecule has 8 nitrogen and oxygen atoms in total. The maximum absolute atomic E-state index is 14.4. The molecule has 2 amide bonds. The molecule has 1 aliphatic heterocycles. The van der Waals surface area contributed by atoms with Crippen molar-refractivity contribution in [3.8, 4) is 0 Å². The number of aryl methyl sites for hydroxylation is 1. The number of aromatic nitrogens is 2. The molecule has 1 unspecified atom stereocenters. The number of alkyl halides is 1. The molecule has 6 rings (SSSR count). The van der Waals surface area contributed by atoms with Crippen LogP contribution in [0.2, 0.25) is 0 Å². The zero-order valence-electron chi connectivity index (χ0n) is 22.4. The van der Waals surface area contributed by atoms with Gasteiger partial charge in [-0.15, -0.1) is 0 Å². The molecule has 2 bridgehead atoms. The summed E-state index contributed by atoms with van der Waals surface area (Å²) >= 11 is 0. The second-order valence-electron chi connectivity index (χ2n) is 11.6. The number of hydrogen-bond donors (Lipinski definition) is 3. The maximum Gasteiger partial charge on any atom is 0.264 e. The van der Waals surface area contributed by atoms with Crippen molar-refractivity contribution in [1.29, 1.82) is 0 Å². The Morgan fingerprint density at radius 3 is 2.39 bits per heavy atom. The lowest BCUT2D eigenvalue weighted by atomic mass is 9.64. The molecule has 4 aliphatic rings. The van der Waals surface area contributed by atoms with E-state index in [4.69, 9.17) is 0 Å². The van der Waals surface area contributed by atoms with Gasteiger partial charge < -0.3 is 10.6 Å². The Morgan fingerprint density at radius 1 is 1.00 bits per heavy atom. The molecular formula is C29H40FN5O3. The van der Waals surface area contributed by atoms with Gasteiger partial charge in [-0.2, -0.15) is 0 Å². The average molecular weight is 526 g/mol. The fourth-order valence-electron chi connectivity index (χ4n) is 6.56. The molecule has 3 saturated carbocycles. The number of unbranched alkanes of at least 4 members (excludes halogenated alkanes) is 4. The highest BCUT2D eigenvalue weighted by atomic mass is 19.1. The van der Waals surface area contributed by atoms with Gasteiger partial charge in [-0.05, 0) is 83.4 Å². The van der Waals surface area contributed by atoms with Crippen molar-refractivity contribution in [3.63, 3.8) is 0 Å². The van der Waals surface area contributed by atoms with Gasteiger partial charge in [0, 0.05) is 24.2 Å². The molecule has 4 fully saturated rings. The average Bonchev–Trinajstić information content (AvgIpc) is 2.89. The first-order valence-corrected chi connectivity index (χ1v) is 14.3. The highest BCUT2D eigenvalue weighted by Crippen LogP contribution is 2.48. The number of nitrogens with zero attached hydrogens (tertiary/aromatic N) is 2. The fraction of sp³-hybridized carbons (Fsp3) is 0.655. The van der Waals surface area contributed by atoms with Crippen LogP contribution in [0.5, 0.6) is 0 Å². The number of imide groups is 1. The van der Waals surface area contributed by atoms with Crippen LogP contribution in [0.3, 0.4) is 0 Å². The van der Waals surface area contributed by atoms with Crippen molar-refractivity contribution in [2.75, 3.05) is 18.4 Å². The molecule has 0 radical (unpaired) electrons. The molecule has 1 atom stereocenters. The zero-order chi connectivity index (χ0) is 26.8. The third-order valence-corrected chi connectivity index (χ3v) is 8.95. The Labute approximate surface area is 223 Å². The summed E-state index contributed by atoms with van der Waals surface area (Å²) < 4.78 is 15.8. The number of anilines is 1. The summed E-state index contributed by atoms with van der Waals surface area (Å²) in [6, 6.07) is 4.84. The Balaban J connectivity index is 1.09. The van der Waals surface area contributed by atoms with Crippen LogP contribution >= 0.6 is 0 Å². The Kier molecular flexibility index (Phi) is 7.84. The van der Waals surface area contributed by atoms with Gasteiger partial charge in [0.1, 0.15) is 17.5 Å². The minimum absolute atomic E-state index is 0.195. The van der Waals surface area contributed by atoms with E-state index in [9.17, 15) is 18.8 Å². The fourth-order valence-corrected chi connectivity index (χ4v) is 6.56. The van der Waals surface area contributed by atoms with Gasteiger partial charge in [0.15, 0.2) is 0 Å². The predicted molar refractivity (Wildman–Crippen MR) is 146 cm³/mol. The number of fused-ring (bicyclic) bond motifs is 4. The molecule has 38 heavy (non-hydrogen) atoms. The number of halogens is 1. The van der Waals surface area contributed by atoms with Crippen molar-refractivity contribution in [1.82, 2.24) is 20.2 Å². The summed E-state index contributed by atoms with van der Waals surface area (Å²) in [6.45, 7) is 3.48. The topological polar surface area (TPSA) is 105 Å². The number of piperidine rings is 1. The number of carbonyl (C=O) groups is 2. The van der Waals surface area contributed by atoms with Crippen molar-refractivity contribution in [3.05, 3.63) is 34.4 Å². The molecule has 3 N–H and O–H groups in total. The van der Waals surface area contributed by atoms with Crippen molar-refractivity contribution in [2.24, 2.45) is 0 Å². The number of carbonyl (C=O) groups excluding carboxylic acids is 2.